The van der Waals surface area contributed by atoms with E-state index in [0.717, 1.165) is 4.90 Å². The summed E-state index contributed by atoms with van der Waals surface area (Å²) in [7, 11) is 0. The molecule has 0 aromatic heterocycles. The number of rotatable bonds is 4. The Balaban J connectivity index is 1.94. The van der Waals surface area contributed by atoms with Crippen molar-refractivity contribution < 1.29 is 4.79 Å². The van der Waals surface area contributed by atoms with Crippen LogP contribution < -0.4 is 11.1 Å². The smallest absolute Gasteiger partial charge is 0.234 e. The van der Waals surface area contributed by atoms with Gasteiger partial charge in [-0.2, -0.15) is 0 Å². The average Bonchev–Trinajstić information content (AvgIpc) is 2.43. The van der Waals surface area contributed by atoms with Gasteiger partial charge in [0.15, 0.2) is 0 Å². The van der Waals surface area contributed by atoms with Crippen molar-refractivity contribution in [3.8, 4) is 0 Å². The SMILES string of the molecule is Cc1ccc(SCC(=O)Nc2ccc(N)cc2Cl)cc1C. The highest BCUT2D eigenvalue weighted by Gasteiger charge is 2.07. The molecule has 0 radical (unpaired) electrons. The summed E-state index contributed by atoms with van der Waals surface area (Å²) >= 11 is 7.53. The Bertz CT molecular complexity index is 673. The first-order valence-electron chi connectivity index (χ1n) is 6.50. The molecule has 0 saturated carbocycles. The number of benzene rings is 2. The van der Waals surface area contributed by atoms with Crippen molar-refractivity contribution in [3.05, 3.63) is 52.5 Å². The van der Waals surface area contributed by atoms with Crippen molar-refractivity contribution in [1.29, 1.82) is 0 Å². The van der Waals surface area contributed by atoms with Gasteiger partial charge < -0.3 is 11.1 Å². The topological polar surface area (TPSA) is 55.1 Å². The summed E-state index contributed by atoms with van der Waals surface area (Å²) < 4.78 is 0. The summed E-state index contributed by atoms with van der Waals surface area (Å²) in [6.45, 7) is 4.13. The molecule has 0 bridgehead atoms. The summed E-state index contributed by atoms with van der Waals surface area (Å²) in [6, 6.07) is 11.2. The molecule has 0 unspecified atom stereocenters. The van der Waals surface area contributed by atoms with E-state index >= 15 is 0 Å². The lowest BCUT2D eigenvalue weighted by atomic mass is 10.1. The molecule has 21 heavy (non-hydrogen) atoms. The van der Waals surface area contributed by atoms with Crippen molar-refractivity contribution in [2.45, 2.75) is 18.7 Å². The van der Waals surface area contributed by atoms with E-state index in [1.807, 2.05) is 6.07 Å². The summed E-state index contributed by atoms with van der Waals surface area (Å²) in [4.78, 5) is 13.0. The third-order valence-electron chi connectivity index (χ3n) is 3.12. The van der Waals surface area contributed by atoms with Crippen LogP contribution in [0.3, 0.4) is 0 Å². The second kappa shape index (κ2) is 6.87. The second-order valence-electron chi connectivity index (χ2n) is 4.82. The predicted octanol–water partition coefficient (Wildman–Crippen LogP) is 4.27. The Kier molecular flexibility index (Phi) is 5.15. The third kappa shape index (κ3) is 4.41. The van der Waals surface area contributed by atoms with Crippen LogP contribution in [0.1, 0.15) is 11.1 Å². The molecule has 0 atom stereocenters. The molecule has 0 fully saturated rings. The fraction of sp³-hybridized carbons (Fsp3) is 0.188. The van der Waals surface area contributed by atoms with Gasteiger partial charge in [0.05, 0.1) is 16.5 Å². The van der Waals surface area contributed by atoms with Crippen LogP contribution >= 0.6 is 23.4 Å². The van der Waals surface area contributed by atoms with Gasteiger partial charge in [0.1, 0.15) is 0 Å². The summed E-state index contributed by atoms with van der Waals surface area (Å²) in [6.07, 6.45) is 0. The number of thioether (sulfide) groups is 1. The Hall–Kier alpha value is -1.65. The number of halogens is 1. The van der Waals surface area contributed by atoms with Crippen LogP contribution in [0.15, 0.2) is 41.3 Å². The summed E-state index contributed by atoms with van der Waals surface area (Å²) in [5.74, 6) is 0.244. The highest BCUT2D eigenvalue weighted by atomic mass is 35.5. The van der Waals surface area contributed by atoms with Gasteiger partial charge >= 0.3 is 0 Å². The van der Waals surface area contributed by atoms with Crippen LogP contribution in [0, 0.1) is 13.8 Å². The van der Waals surface area contributed by atoms with Crippen molar-refractivity contribution in [2.75, 3.05) is 16.8 Å². The molecular weight excluding hydrogens is 304 g/mol. The molecule has 0 heterocycles. The van der Waals surface area contributed by atoms with E-state index in [1.54, 1.807) is 18.2 Å². The molecule has 0 spiro atoms. The molecule has 0 aliphatic rings. The average molecular weight is 321 g/mol. The van der Waals surface area contributed by atoms with Crippen molar-refractivity contribution in [1.82, 2.24) is 0 Å². The number of hydrogen-bond acceptors (Lipinski definition) is 3. The van der Waals surface area contributed by atoms with Gasteiger partial charge in [-0.15, -0.1) is 11.8 Å². The normalized spacial score (nSPS) is 10.4. The third-order valence-corrected chi connectivity index (χ3v) is 4.42. The number of carbonyl (C=O) groups excluding carboxylic acids is 1. The van der Waals surface area contributed by atoms with Crippen LogP contribution in [-0.2, 0) is 4.79 Å². The molecular formula is C16H17ClN2OS. The zero-order chi connectivity index (χ0) is 15.4. The second-order valence-corrected chi connectivity index (χ2v) is 6.28. The zero-order valence-electron chi connectivity index (χ0n) is 11.9. The summed E-state index contributed by atoms with van der Waals surface area (Å²) in [5, 5.41) is 3.23. The van der Waals surface area contributed by atoms with E-state index in [9.17, 15) is 4.79 Å². The number of nitrogens with one attached hydrogen (secondary N) is 1. The molecule has 0 saturated heterocycles. The molecule has 0 aliphatic heterocycles. The maximum absolute atomic E-state index is 12.0. The quantitative estimate of drug-likeness (QED) is 0.653. The molecule has 3 nitrogen and oxygen atoms in total. The number of hydrogen-bond donors (Lipinski definition) is 2. The lowest BCUT2D eigenvalue weighted by molar-refractivity contribution is -0.113. The molecule has 1 amide bonds. The van der Waals surface area contributed by atoms with Crippen LogP contribution in [0.2, 0.25) is 5.02 Å². The maximum Gasteiger partial charge on any atom is 0.234 e. The molecule has 2 rings (SSSR count). The lowest BCUT2D eigenvalue weighted by Gasteiger charge is -2.08. The zero-order valence-corrected chi connectivity index (χ0v) is 13.5. The fourth-order valence-electron chi connectivity index (χ4n) is 1.77. The van der Waals surface area contributed by atoms with Crippen molar-refractivity contribution in [2.24, 2.45) is 0 Å². The van der Waals surface area contributed by atoms with E-state index in [-0.39, 0.29) is 5.91 Å². The van der Waals surface area contributed by atoms with Crippen molar-refractivity contribution >= 4 is 40.6 Å². The van der Waals surface area contributed by atoms with E-state index in [4.69, 9.17) is 17.3 Å². The van der Waals surface area contributed by atoms with E-state index in [2.05, 4.69) is 31.3 Å². The Morgan fingerprint density at radius 1 is 1.19 bits per heavy atom. The molecule has 3 N–H and O–H groups in total. The summed E-state index contributed by atoms with van der Waals surface area (Å²) in [5.41, 5.74) is 9.24. The van der Waals surface area contributed by atoms with E-state index in [1.165, 1.54) is 22.9 Å². The number of nitrogen functional groups attached to an aromatic ring is 1. The molecule has 2 aromatic carbocycles. The van der Waals surface area contributed by atoms with E-state index in [0.29, 0.717) is 22.2 Å². The van der Waals surface area contributed by atoms with Gasteiger partial charge in [0.2, 0.25) is 5.91 Å². The van der Waals surface area contributed by atoms with Crippen LogP contribution in [0.4, 0.5) is 11.4 Å². The van der Waals surface area contributed by atoms with Crippen molar-refractivity contribution in [3.63, 3.8) is 0 Å². The predicted molar refractivity (Wildman–Crippen MR) is 91.1 cm³/mol. The highest BCUT2D eigenvalue weighted by molar-refractivity contribution is 8.00. The minimum atomic E-state index is -0.0927. The monoisotopic (exact) mass is 320 g/mol. The first kappa shape index (κ1) is 15.7. The highest BCUT2D eigenvalue weighted by Crippen LogP contribution is 2.25. The van der Waals surface area contributed by atoms with Crippen LogP contribution in [0.5, 0.6) is 0 Å². The largest absolute Gasteiger partial charge is 0.399 e. The fourth-order valence-corrected chi connectivity index (χ4v) is 2.80. The number of nitrogens with two attached hydrogens (primary N) is 1. The van der Waals surface area contributed by atoms with Gasteiger partial charge in [0.25, 0.3) is 0 Å². The van der Waals surface area contributed by atoms with Gasteiger partial charge in [0, 0.05) is 10.6 Å². The molecule has 2 aromatic rings. The molecule has 110 valence electrons. The first-order chi connectivity index (χ1) is 9.95. The first-order valence-corrected chi connectivity index (χ1v) is 7.87. The number of carbonyl (C=O) groups is 1. The van der Waals surface area contributed by atoms with Crippen LogP contribution in [-0.4, -0.2) is 11.7 Å². The van der Waals surface area contributed by atoms with Gasteiger partial charge in [-0.25, -0.2) is 0 Å². The van der Waals surface area contributed by atoms with Gasteiger partial charge in [-0.05, 0) is 55.3 Å². The maximum atomic E-state index is 12.0. The van der Waals surface area contributed by atoms with Gasteiger partial charge in [-0.1, -0.05) is 17.7 Å². The minimum Gasteiger partial charge on any atom is -0.399 e. The molecule has 0 aliphatic carbocycles. The Morgan fingerprint density at radius 2 is 1.95 bits per heavy atom. The Morgan fingerprint density at radius 3 is 2.62 bits per heavy atom. The van der Waals surface area contributed by atoms with Gasteiger partial charge in [-0.3, -0.25) is 4.79 Å². The van der Waals surface area contributed by atoms with E-state index < -0.39 is 0 Å². The number of amides is 1. The lowest BCUT2D eigenvalue weighted by Crippen LogP contribution is -2.14. The number of aryl methyl sites for hydroxylation is 2. The number of anilines is 2. The Labute approximate surface area is 133 Å². The minimum absolute atomic E-state index is 0.0927. The molecule has 5 heteroatoms. The standard InChI is InChI=1S/C16H17ClN2OS/c1-10-3-5-13(7-11(10)2)21-9-16(20)19-15-6-4-12(18)8-14(15)17/h3-8H,9,18H2,1-2H3,(H,19,20). The van der Waals surface area contributed by atoms with Crippen LogP contribution in [0.25, 0.3) is 0 Å².